The van der Waals surface area contributed by atoms with Crippen LogP contribution < -0.4 is 5.73 Å². The molecule has 11 heavy (non-hydrogen) atoms. The van der Waals surface area contributed by atoms with Crippen LogP contribution in [0.2, 0.25) is 0 Å². The molecule has 2 N–H and O–H groups in total. The Labute approximate surface area is 69.8 Å². The first-order chi connectivity index (χ1) is 5.22. The summed E-state index contributed by atoms with van der Waals surface area (Å²) in [5.74, 6) is 1.19. The molecule has 0 aliphatic rings. The number of aromatic nitrogens is 2. The molecule has 1 aromatic rings. The molecule has 1 rings (SSSR count). The fourth-order valence-corrected chi connectivity index (χ4v) is 0.778. The number of nitrogens with two attached hydrogens (primary N) is 1. The Morgan fingerprint density at radius 2 is 2.45 bits per heavy atom. The van der Waals surface area contributed by atoms with Crippen molar-refractivity contribution in [3.05, 3.63) is 11.7 Å². The topological polar surface area (TPSA) is 64.9 Å². The third-order valence-electron chi connectivity index (χ3n) is 1.15. The van der Waals surface area contributed by atoms with E-state index in [1.54, 1.807) is 0 Å². The van der Waals surface area contributed by atoms with Gasteiger partial charge in [0, 0.05) is 6.42 Å². The van der Waals surface area contributed by atoms with Crippen molar-refractivity contribution in [3.8, 4) is 0 Å². The van der Waals surface area contributed by atoms with Crippen LogP contribution in [0.3, 0.4) is 0 Å². The minimum Gasteiger partial charge on any atom is -0.393 e. The molecule has 0 bridgehead atoms. The predicted octanol–water partition coefficient (Wildman–Crippen LogP) is 0.461. The van der Waals surface area contributed by atoms with E-state index in [0.717, 1.165) is 6.42 Å². The Balaban J connectivity index is 2.65. The van der Waals surface area contributed by atoms with Gasteiger partial charge in [0.1, 0.15) is 0 Å². The molecule has 0 amide bonds. The average molecular weight is 171 g/mol. The highest BCUT2D eigenvalue weighted by atomic mass is 32.1. The van der Waals surface area contributed by atoms with Crippen LogP contribution in [-0.4, -0.2) is 15.1 Å². The first-order valence-corrected chi connectivity index (χ1v) is 3.73. The maximum atomic E-state index is 5.28. The maximum Gasteiger partial charge on any atom is 0.233 e. The van der Waals surface area contributed by atoms with Gasteiger partial charge in [0.25, 0.3) is 0 Å². The van der Waals surface area contributed by atoms with Gasteiger partial charge in [-0.05, 0) is 0 Å². The molecule has 1 aromatic heterocycles. The van der Waals surface area contributed by atoms with Gasteiger partial charge < -0.3 is 10.3 Å². The van der Waals surface area contributed by atoms with Gasteiger partial charge in [-0.25, -0.2) is 0 Å². The highest BCUT2D eigenvalue weighted by Crippen LogP contribution is 1.98. The molecule has 0 aliphatic heterocycles. The van der Waals surface area contributed by atoms with Crippen LogP contribution in [0.4, 0.5) is 0 Å². The largest absolute Gasteiger partial charge is 0.393 e. The van der Waals surface area contributed by atoms with E-state index in [-0.39, 0.29) is 0 Å². The number of thiocarbonyl (C=S) groups is 1. The van der Waals surface area contributed by atoms with Gasteiger partial charge in [0.05, 0.1) is 11.4 Å². The quantitative estimate of drug-likeness (QED) is 0.669. The Hall–Kier alpha value is -0.970. The van der Waals surface area contributed by atoms with Crippen LogP contribution in [0.1, 0.15) is 18.6 Å². The number of rotatable bonds is 3. The fraction of sp³-hybridized carbons (Fsp3) is 0.500. The highest BCUT2D eigenvalue weighted by molar-refractivity contribution is 7.80. The van der Waals surface area contributed by atoms with Crippen molar-refractivity contribution in [2.45, 2.75) is 19.8 Å². The van der Waals surface area contributed by atoms with Crippen molar-refractivity contribution < 1.29 is 4.52 Å². The Morgan fingerprint density at radius 3 is 2.91 bits per heavy atom. The molecule has 0 fully saturated rings. The summed E-state index contributed by atoms with van der Waals surface area (Å²) in [4.78, 5) is 4.40. The molecule has 4 nitrogen and oxygen atoms in total. The Bertz CT molecular complexity index is 258. The van der Waals surface area contributed by atoms with Gasteiger partial charge in [-0.15, -0.1) is 0 Å². The summed E-state index contributed by atoms with van der Waals surface area (Å²) in [6.07, 6.45) is 1.16. The number of aryl methyl sites for hydroxylation is 1. The number of nitrogens with zero attached hydrogens (tertiary/aromatic N) is 2. The van der Waals surface area contributed by atoms with Crippen LogP contribution in [-0.2, 0) is 12.8 Å². The first kappa shape index (κ1) is 8.13. The number of hydrogen-bond acceptors (Lipinski definition) is 4. The van der Waals surface area contributed by atoms with Crippen LogP contribution in [0.15, 0.2) is 4.52 Å². The molecular weight excluding hydrogens is 162 g/mol. The molecule has 0 atom stereocenters. The summed E-state index contributed by atoms with van der Waals surface area (Å²) in [5.41, 5.74) is 5.28. The molecule has 0 saturated heterocycles. The zero-order valence-corrected chi connectivity index (χ0v) is 7.02. The van der Waals surface area contributed by atoms with Crippen molar-refractivity contribution in [2.75, 3.05) is 0 Å². The molecule has 5 heteroatoms. The summed E-state index contributed by atoms with van der Waals surface area (Å²) in [6.45, 7) is 1.95. The van der Waals surface area contributed by atoms with Gasteiger partial charge in [0.2, 0.25) is 5.89 Å². The lowest BCUT2D eigenvalue weighted by molar-refractivity contribution is 0.383. The van der Waals surface area contributed by atoms with E-state index in [1.165, 1.54) is 0 Å². The molecular formula is C6H9N3OS. The molecule has 1 heterocycles. The lowest BCUT2D eigenvalue weighted by Crippen LogP contribution is -2.11. The fourth-order valence-electron chi connectivity index (χ4n) is 0.655. The Morgan fingerprint density at radius 1 is 1.73 bits per heavy atom. The lowest BCUT2D eigenvalue weighted by Gasteiger charge is -1.86. The summed E-state index contributed by atoms with van der Waals surface area (Å²) in [5, 5.41) is 3.69. The summed E-state index contributed by atoms with van der Waals surface area (Å²) >= 11 is 4.67. The second-order valence-corrected chi connectivity index (χ2v) is 2.63. The molecule has 0 aliphatic carbocycles. The second-order valence-electron chi connectivity index (χ2n) is 2.10. The maximum absolute atomic E-state index is 5.28. The van der Waals surface area contributed by atoms with Crippen molar-refractivity contribution in [1.29, 1.82) is 0 Å². The van der Waals surface area contributed by atoms with Crippen LogP contribution in [0.25, 0.3) is 0 Å². The molecule has 0 saturated carbocycles. The van der Waals surface area contributed by atoms with E-state index < -0.39 is 0 Å². The van der Waals surface area contributed by atoms with Gasteiger partial charge in [-0.2, -0.15) is 4.98 Å². The second kappa shape index (κ2) is 3.43. The van der Waals surface area contributed by atoms with E-state index in [9.17, 15) is 0 Å². The normalized spacial score (nSPS) is 9.91. The van der Waals surface area contributed by atoms with Crippen molar-refractivity contribution in [3.63, 3.8) is 0 Å². The van der Waals surface area contributed by atoms with E-state index in [2.05, 4.69) is 22.4 Å². The van der Waals surface area contributed by atoms with Crippen molar-refractivity contribution in [2.24, 2.45) is 5.73 Å². The van der Waals surface area contributed by atoms with E-state index in [4.69, 9.17) is 10.3 Å². The first-order valence-electron chi connectivity index (χ1n) is 3.32. The molecule has 0 spiro atoms. The summed E-state index contributed by atoms with van der Waals surface area (Å²) in [6, 6.07) is 0. The third kappa shape index (κ3) is 2.27. The zero-order chi connectivity index (χ0) is 8.27. The van der Waals surface area contributed by atoms with Crippen LogP contribution in [0, 0.1) is 0 Å². The zero-order valence-electron chi connectivity index (χ0n) is 6.20. The summed E-state index contributed by atoms with van der Waals surface area (Å²) in [7, 11) is 0. The molecule has 0 unspecified atom stereocenters. The van der Waals surface area contributed by atoms with E-state index >= 15 is 0 Å². The van der Waals surface area contributed by atoms with Gasteiger partial charge in [0.15, 0.2) is 5.82 Å². The molecule has 60 valence electrons. The lowest BCUT2D eigenvalue weighted by atomic mass is 10.4. The minimum atomic E-state index is 0.372. The predicted molar refractivity (Wildman–Crippen MR) is 44.2 cm³/mol. The summed E-state index contributed by atoms with van der Waals surface area (Å²) < 4.78 is 4.84. The van der Waals surface area contributed by atoms with Crippen molar-refractivity contribution >= 4 is 17.2 Å². The number of hydrogen-bond donors (Lipinski definition) is 1. The molecule has 0 radical (unpaired) electrons. The smallest absolute Gasteiger partial charge is 0.233 e. The third-order valence-corrected chi connectivity index (χ3v) is 1.30. The van der Waals surface area contributed by atoms with E-state index in [1.807, 2.05) is 6.92 Å². The van der Waals surface area contributed by atoms with Gasteiger partial charge in [-0.1, -0.05) is 24.3 Å². The van der Waals surface area contributed by atoms with Crippen LogP contribution >= 0.6 is 12.2 Å². The van der Waals surface area contributed by atoms with Crippen molar-refractivity contribution in [1.82, 2.24) is 10.1 Å². The minimum absolute atomic E-state index is 0.372. The van der Waals surface area contributed by atoms with E-state index in [0.29, 0.717) is 23.1 Å². The van der Waals surface area contributed by atoms with Crippen LogP contribution in [0.5, 0.6) is 0 Å². The monoisotopic (exact) mass is 171 g/mol. The molecule has 0 aromatic carbocycles. The Kier molecular flexibility index (Phi) is 2.53. The van der Waals surface area contributed by atoms with Gasteiger partial charge in [-0.3, -0.25) is 0 Å². The average Bonchev–Trinajstić information content (AvgIpc) is 2.34. The SMILES string of the molecule is CCc1noc(CC(N)=S)n1. The highest BCUT2D eigenvalue weighted by Gasteiger charge is 2.04. The van der Waals surface area contributed by atoms with Gasteiger partial charge >= 0.3 is 0 Å². The standard InChI is InChI=1S/C6H9N3OS/c1-2-5-8-6(10-9-5)3-4(7)11/h2-3H2,1H3,(H2,7,11).